The van der Waals surface area contributed by atoms with Crippen LogP contribution in [0.1, 0.15) is 20.8 Å². The molecule has 2 amide bonds. The lowest BCUT2D eigenvalue weighted by molar-refractivity contribution is -0.133. The van der Waals surface area contributed by atoms with Gasteiger partial charge in [-0.25, -0.2) is 0 Å². The average molecular weight is 290 g/mol. The molecule has 6 heteroatoms. The fourth-order valence-corrected chi connectivity index (χ4v) is 2.50. The van der Waals surface area contributed by atoms with E-state index in [1.165, 1.54) is 4.90 Å². The Morgan fingerprint density at radius 1 is 1.19 bits per heavy atom. The molecule has 1 unspecified atom stereocenters. The molecule has 0 bridgehead atoms. The summed E-state index contributed by atoms with van der Waals surface area (Å²) in [6.07, 6.45) is 0. The predicted molar refractivity (Wildman–Crippen MR) is 76.3 cm³/mol. The number of hydrogen-bond donors (Lipinski definition) is 1. The van der Waals surface area contributed by atoms with E-state index in [0.29, 0.717) is 17.2 Å². The third-order valence-electron chi connectivity index (χ3n) is 3.65. The number of ether oxygens (including phenoxy) is 2. The molecule has 112 valence electrons. The second-order valence-corrected chi connectivity index (χ2v) is 6.33. The monoisotopic (exact) mass is 290 g/mol. The highest BCUT2D eigenvalue weighted by atomic mass is 16.7. The van der Waals surface area contributed by atoms with Crippen LogP contribution in [0.5, 0.6) is 11.5 Å². The molecule has 0 saturated carbocycles. The summed E-state index contributed by atoms with van der Waals surface area (Å²) in [5.41, 5.74) is 0.301. The molecule has 21 heavy (non-hydrogen) atoms. The van der Waals surface area contributed by atoms with Crippen molar-refractivity contribution in [2.75, 3.05) is 18.2 Å². The molecule has 1 atom stereocenters. The number of fused-ring (bicyclic) bond motifs is 1. The van der Waals surface area contributed by atoms with Gasteiger partial charge in [-0.1, -0.05) is 20.8 Å². The Bertz CT molecular complexity index is 606. The van der Waals surface area contributed by atoms with E-state index in [1.54, 1.807) is 18.2 Å². The van der Waals surface area contributed by atoms with Gasteiger partial charge in [0.05, 0.1) is 0 Å². The fourth-order valence-electron chi connectivity index (χ4n) is 2.50. The van der Waals surface area contributed by atoms with Gasteiger partial charge in [-0.3, -0.25) is 9.59 Å². The molecule has 1 aromatic rings. The highest BCUT2D eigenvalue weighted by Crippen LogP contribution is 2.36. The van der Waals surface area contributed by atoms with E-state index in [0.717, 1.165) is 0 Å². The van der Waals surface area contributed by atoms with Crippen LogP contribution in [-0.4, -0.2) is 31.2 Å². The van der Waals surface area contributed by atoms with Gasteiger partial charge >= 0.3 is 0 Å². The number of amides is 2. The molecule has 0 aromatic heterocycles. The van der Waals surface area contributed by atoms with E-state index >= 15 is 0 Å². The predicted octanol–water partition coefficient (Wildman–Crippen LogP) is 1.29. The van der Waals surface area contributed by atoms with Gasteiger partial charge in [0.15, 0.2) is 11.5 Å². The second-order valence-electron chi connectivity index (χ2n) is 6.33. The third kappa shape index (κ3) is 2.41. The number of anilines is 1. The quantitative estimate of drug-likeness (QED) is 0.846. The molecule has 1 aromatic carbocycles. The Balaban J connectivity index is 1.93. The Morgan fingerprint density at radius 2 is 1.90 bits per heavy atom. The van der Waals surface area contributed by atoms with Crippen LogP contribution in [-0.2, 0) is 9.59 Å². The molecule has 3 rings (SSSR count). The number of nitrogens with one attached hydrogen (secondary N) is 1. The van der Waals surface area contributed by atoms with Crippen molar-refractivity contribution in [2.24, 2.45) is 5.41 Å². The third-order valence-corrected chi connectivity index (χ3v) is 3.65. The molecule has 2 aliphatic heterocycles. The van der Waals surface area contributed by atoms with Crippen molar-refractivity contribution in [3.8, 4) is 11.5 Å². The number of benzene rings is 1. The van der Waals surface area contributed by atoms with Crippen molar-refractivity contribution in [1.29, 1.82) is 0 Å². The summed E-state index contributed by atoms with van der Waals surface area (Å²) in [6.45, 7) is 5.99. The van der Waals surface area contributed by atoms with Crippen molar-refractivity contribution in [2.45, 2.75) is 26.8 Å². The lowest BCUT2D eigenvalue weighted by Crippen LogP contribution is -2.62. The summed E-state index contributed by atoms with van der Waals surface area (Å²) >= 11 is 0. The zero-order valence-electron chi connectivity index (χ0n) is 12.3. The lowest BCUT2D eigenvalue weighted by atomic mass is 9.84. The smallest absolute Gasteiger partial charge is 0.250 e. The number of carbonyl (C=O) groups is 2. The van der Waals surface area contributed by atoms with Crippen LogP contribution >= 0.6 is 0 Å². The van der Waals surface area contributed by atoms with Gasteiger partial charge in [-0.2, -0.15) is 0 Å². The van der Waals surface area contributed by atoms with E-state index in [1.807, 2.05) is 20.8 Å². The zero-order chi connectivity index (χ0) is 15.2. The summed E-state index contributed by atoms with van der Waals surface area (Å²) in [7, 11) is 0. The minimum atomic E-state index is -0.538. The van der Waals surface area contributed by atoms with Gasteiger partial charge in [0.25, 0.3) is 5.91 Å². The summed E-state index contributed by atoms with van der Waals surface area (Å²) in [4.78, 5) is 26.1. The van der Waals surface area contributed by atoms with Gasteiger partial charge < -0.3 is 19.7 Å². The maximum atomic E-state index is 12.7. The van der Waals surface area contributed by atoms with E-state index in [-0.39, 0.29) is 30.6 Å². The number of rotatable bonds is 1. The summed E-state index contributed by atoms with van der Waals surface area (Å²) in [5, 5.41) is 2.77. The van der Waals surface area contributed by atoms with E-state index < -0.39 is 6.04 Å². The maximum absolute atomic E-state index is 12.7. The first kappa shape index (κ1) is 13.7. The zero-order valence-corrected chi connectivity index (χ0v) is 12.3. The van der Waals surface area contributed by atoms with Gasteiger partial charge in [-0.15, -0.1) is 0 Å². The van der Waals surface area contributed by atoms with Crippen molar-refractivity contribution >= 4 is 17.5 Å². The van der Waals surface area contributed by atoms with Crippen LogP contribution in [0.15, 0.2) is 18.2 Å². The van der Waals surface area contributed by atoms with E-state index in [2.05, 4.69) is 5.32 Å². The van der Waals surface area contributed by atoms with Crippen LogP contribution in [0.2, 0.25) is 0 Å². The molecule has 0 radical (unpaired) electrons. The molecule has 0 aliphatic carbocycles. The Morgan fingerprint density at radius 3 is 2.62 bits per heavy atom. The van der Waals surface area contributed by atoms with Crippen LogP contribution in [0.4, 0.5) is 5.69 Å². The second kappa shape index (κ2) is 4.65. The SMILES string of the molecule is CC(C)(C)C1NC(=O)CN(c2ccc3c(c2)OCO3)C1=O. The number of piperazine rings is 1. The van der Waals surface area contributed by atoms with Crippen LogP contribution in [0.25, 0.3) is 0 Å². The van der Waals surface area contributed by atoms with Crippen molar-refractivity contribution < 1.29 is 19.1 Å². The van der Waals surface area contributed by atoms with Gasteiger partial charge in [0.1, 0.15) is 12.6 Å². The van der Waals surface area contributed by atoms with Crippen LogP contribution in [0, 0.1) is 5.41 Å². The van der Waals surface area contributed by atoms with Gasteiger partial charge in [0, 0.05) is 11.8 Å². The number of nitrogens with zero attached hydrogens (tertiary/aromatic N) is 1. The molecular weight excluding hydrogens is 272 g/mol. The Hall–Kier alpha value is -2.24. The van der Waals surface area contributed by atoms with Crippen LogP contribution in [0.3, 0.4) is 0 Å². The van der Waals surface area contributed by atoms with Crippen LogP contribution < -0.4 is 19.7 Å². The number of hydrogen-bond acceptors (Lipinski definition) is 4. The van der Waals surface area contributed by atoms with E-state index in [4.69, 9.17) is 9.47 Å². The molecule has 6 nitrogen and oxygen atoms in total. The largest absolute Gasteiger partial charge is 0.454 e. The van der Waals surface area contributed by atoms with Gasteiger partial charge in [-0.05, 0) is 17.5 Å². The number of carbonyl (C=O) groups excluding carboxylic acids is 2. The lowest BCUT2D eigenvalue weighted by Gasteiger charge is -2.38. The highest BCUT2D eigenvalue weighted by Gasteiger charge is 2.40. The molecule has 0 spiro atoms. The normalized spacial score (nSPS) is 21.5. The molecule has 2 aliphatic rings. The standard InChI is InChI=1S/C15H18N2O4/c1-15(2,3)13-14(19)17(7-12(18)16-13)9-4-5-10-11(6-9)21-8-20-10/h4-6,13H,7-8H2,1-3H3,(H,16,18). The molecular formula is C15H18N2O4. The summed E-state index contributed by atoms with van der Waals surface area (Å²) in [6, 6.07) is 4.72. The maximum Gasteiger partial charge on any atom is 0.250 e. The molecule has 1 saturated heterocycles. The Kier molecular flexibility index (Phi) is 3.04. The summed E-state index contributed by atoms with van der Waals surface area (Å²) in [5.74, 6) is 0.978. The topological polar surface area (TPSA) is 67.9 Å². The summed E-state index contributed by atoms with van der Waals surface area (Å²) < 4.78 is 10.6. The van der Waals surface area contributed by atoms with Crippen molar-refractivity contribution in [3.63, 3.8) is 0 Å². The molecule has 1 N–H and O–H groups in total. The van der Waals surface area contributed by atoms with E-state index in [9.17, 15) is 9.59 Å². The van der Waals surface area contributed by atoms with Crippen molar-refractivity contribution in [3.05, 3.63) is 18.2 Å². The first-order valence-corrected chi connectivity index (χ1v) is 6.86. The first-order chi connectivity index (χ1) is 9.86. The first-order valence-electron chi connectivity index (χ1n) is 6.86. The highest BCUT2D eigenvalue weighted by molar-refractivity contribution is 6.07. The minimum Gasteiger partial charge on any atom is -0.454 e. The Labute approximate surface area is 123 Å². The minimum absolute atomic E-state index is 0.0189. The van der Waals surface area contributed by atoms with Gasteiger partial charge in [0.2, 0.25) is 12.7 Å². The van der Waals surface area contributed by atoms with Crippen molar-refractivity contribution in [1.82, 2.24) is 5.32 Å². The molecule has 2 heterocycles. The fraction of sp³-hybridized carbons (Fsp3) is 0.467. The molecule has 1 fully saturated rings. The average Bonchev–Trinajstić information content (AvgIpc) is 2.87.